The Morgan fingerprint density at radius 3 is 2.61 bits per heavy atom. The van der Waals surface area contributed by atoms with E-state index in [9.17, 15) is 18.0 Å². The number of carbonyl (C=O) groups excluding carboxylic acids is 1. The number of hydrogen-bond donors (Lipinski definition) is 1. The minimum atomic E-state index is -4.32. The van der Waals surface area contributed by atoms with Gasteiger partial charge in [0.05, 0.1) is 11.4 Å². The van der Waals surface area contributed by atoms with E-state index in [0.29, 0.717) is 22.2 Å². The molecule has 1 unspecified atom stereocenters. The largest absolute Gasteiger partial charge is 0.389 e. The molecule has 0 radical (unpaired) electrons. The molecule has 36 heavy (non-hydrogen) atoms. The van der Waals surface area contributed by atoms with Crippen molar-refractivity contribution in [3.63, 3.8) is 0 Å². The average molecular weight is 513 g/mol. The van der Waals surface area contributed by atoms with Crippen LogP contribution in [0.1, 0.15) is 54.6 Å². The number of rotatable bonds is 5. The molecule has 1 aromatic carbocycles. The van der Waals surface area contributed by atoms with E-state index in [0.717, 1.165) is 29.7 Å². The number of anilines is 1. The molecule has 1 amide bonds. The van der Waals surface area contributed by atoms with Gasteiger partial charge in [0.15, 0.2) is 11.5 Å². The first-order valence-corrected chi connectivity index (χ1v) is 11.9. The highest BCUT2D eigenvalue weighted by molar-refractivity contribution is 6.30. The molecule has 1 aliphatic carbocycles. The molecule has 11 heteroatoms. The molecule has 4 aromatic rings. The summed E-state index contributed by atoms with van der Waals surface area (Å²) in [5.41, 5.74) is 2.13. The molecule has 0 bridgehead atoms. The normalized spacial score (nSPS) is 19.5. The maximum Gasteiger partial charge on any atom is 0.389 e. The number of halogens is 4. The second-order valence-electron chi connectivity index (χ2n) is 9.36. The monoisotopic (exact) mass is 512 g/mol. The summed E-state index contributed by atoms with van der Waals surface area (Å²) in [6.07, 6.45) is 1.01. The van der Waals surface area contributed by atoms with Crippen molar-refractivity contribution < 1.29 is 18.0 Å². The fraction of sp³-hybridized carbons (Fsp3) is 0.320. The molecule has 6 rings (SSSR count). The number of benzene rings is 1. The van der Waals surface area contributed by atoms with Gasteiger partial charge in [-0.3, -0.25) is 4.79 Å². The van der Waals surface area contributed by atoms with E-state index in [4.69, 9.17) is 16.6 Å². The van der Waals surface area contributed by atoms with Crippen molar-refractivity contribution in [3.05, 3.63) is 70.4 Å². The summed E-state index contributed by atoms with van der Waals surface area (Å²) in [5.74, 6) is 0.590. The van der Waals surface area contributed by atoms with Gasteiger partial charge in [0.25, 0.3) is 0 Å². The van der Waals surface area contributed by atoms with E-state index >= 15 is 0 Å². The second kappa shape index (κ2) is 7.99. The summed E-state index contributed by atoms with van der Waals surface area (Å²) in [4.78, 5) is 31.4. The van der Waals surface area contributed by atoms with E-state index in [1.54, 1.807) is 28.9 Å². The molecule has 184 valence electrons. The van der Waals surface area contributed by atoms with Crippen LogP contribution >= 0.6 is 11.6 Å². The molecule has 0 spiro atoms. The van der Waals surface area contributed by atoms with Gasteiger partial charge in [-0.05, 0) is 37.5 Å². The van der Waals surface area contributed by atoms with Gasteiger partial charge in [0.2, 0.25) is 5.91 Å². The number of amides is 1. The quantitative estimate of drug-likeness (QED) is 0.383. The summed E-state index contributed by atoms with van der Waals surface area (Å²) < 4.78 is 40.4. The first kappa shape index (κ1) is 22.9. The van der Waals surface area contributed by atoms with E-state index in [1.807, 2.05) is 19.1 Å². The third-order valence-electron chi connectivity index (χ3n) is 6.83. The molecule has 1 N–H and O–H groups in total. The van der Waals surface area contributed by atoms with E-state index in [-0.39, 0.29) is 29.8 Å². The van der Waals surface area contributed by atoms with Crippen molar-refractivity contribution in [1.82, 2.24) is 24.3 Å². The maximum atomic E-state index is 13.3. The van der Waals surface area contributed by atoms with Crippen LogP contribution in [-0.4, -0.2) is 36.4 Å². The smallest absolute Gasteiger partial charge is 0.309 e. The predicted molar refractivity (Wildman–Crippen MR) is 127 cm³/mol. The lowest BCUT2D eigenvalue weighted by Gasteiger charge is -2.24. The first-order valence-electron chi connectivity index (χ1n) is 11.5. The number of hydrogen-bond acceptors (Lipinski definition) is 5. The lowest BCUT2D eigenvalue weighted by atomic mass is 9.76. The van der Waals surface area contributed by atoms with Crippen molar-refractivity contribution >= 4 is 29.0 Å². The Kier molecular flexibility index (Phi) is 5.08. The topological polar surface area (TPSA) is 85.1 Å². The van der Waals surface area contributed by atoms with E-state index < -0.39 is 18.0 Å². The summed E-state index contributed by atoms with van der Waals surface area (Å²) in [7, 11) is 0. The van der Waals surface area contributed by atoms with Crippen LogP contribution in [0.5, 0.6) is 0 Å². The summed E-state index contributed by atoms with van der Waals surface area (Å²) >= 11 is 6.07. The van der Waals surface area contributed by atoms with Gasteiger partial charge < -0.3 is 9.72 Å². The van der Waals surface area contributed by atoms with Gasteiger partial charge in [-0.25, -0.2) is 19.9 Å². The van der Waals surface area contributed by atoms with Gasteiger partial charge in [-0.15, -0.1) is 0 Å². The highest BCUT2D eigenvalue weighted by Gasteiger charge is 2.49. The number of nitrogens with one attached hydrogen (secondary N) is 1. The molecule has 1 fully saturated rings. The highest BCUT2D eigenvalue weighted by Crippen LogP contribution is 2.50. The highest BCUT2D eigenvalue weighted by atomic mass is 35.5. The van der Waals surface area contributed by atoms with Crippen molar-refractivity contribution in [3.8, 4) is 11.5 Å². The van der Waals surface area contributed by atoms with Gasteiger partial charge in [-0.2, -0.15) is 13.2 Å². The molecule has 2 aliphatic rings. The van der Waals surface area contributed by atoms with Crippen LogP contribution in [-0.2, 0) is 16.6 Å². The Balaban J connectivity index is 1.49. The van der Waals surface area contributed by atoms with Gasteiger partial charge in [0, 0.05) is 47.9 Å². The fourth-order valence-electron chi connectivity index (χ4n) is 4.77. The molecule has 4 heterocycles. The molecule has 7 nitrogen and oxygen atoms in total. The number of alkyl halides is 3. The minimum absolute atomic E-state index is 0.168. The Labute approximate surface area is 208 Å². The Hall–Kier alpha value is -3.53. The summed E-state index contributed by atoms with van der Waals surface area (Å²) in [6.45, 7) is 1.84. The zero-order valence-corrected chi connectivity index (χ0v) is 19.9. The Morgan fingerprint density at radius 1 is 1.17 bits per heavy atom. The first-order chi connectivity index (χ1) is 17.1. The van der Waals surface area contributed by atoms with Crippen LogP contribution in [0.15, 0.2) is 42.9 Å². The molecule has 1 atom stereocenters. The number of aromatic nitrogens is 5. The lowest BCUT2D eigenvalue weighted by Crippen LogP contribution is -2.33. The SMILES string of the molecule is CC1(c2ccc(Cl)cc2)C(=O)Nc2nc(-c3cn4ccnc4c(CCC(F)(F)F)n3)nc(C3CC3)c21. The van der Waals surface area contributed by atoms with Crippen molar-refractivity contribution in [2.24, 2.45) is 0 Å². The number of imidazole rings is 1. The average Bonchev–Trinajstić information content (AvgIpc) is 3.51. The van der Waals surface area contributed by atoms with E-state index in [1.165, 1.54) is 6.20 Å². The van der Waals surface area contributed by atoms with Crippen LogP contribution in [0.25, 0.3) is 17.2 Å². The second-order valence-corrected chi connectivity index (χ2v) is 9.80. The Morgan fingerprint density at radius 2 is 1.92 bits per heavy atom. The van der Waals surface area contributed by atoms with Crippen LogP contribution in [0.3, 0.4) is 0 Å². The maximum absolute atomic E-state index is 13.3. The molecular formula is C25H20ClF3N6O. The number of aryl methyl sites for hydroxylation is 1. The lowest BCUT2D eigenvalue weighted by molar-refractivity contribution is -0.134. The Bertz CT molecular complexity index is 1510. The van der Waals surface area contributed by atoms with Crippen molar-refractivity contribution in [2.45, 2.75) is 50.1 Å². The van der Waals surface area contributed by atoms with Crippen LogP contribution in [0.2, 0.25) is 5.02 Å². The van der Waals surface area contributed by atoms with Crippen molar-refractivity contribution in [1.29, 1.82) is 0 Å². The fourth-order valence-corrected chi connectivity index (χ4v) is 4.89. The summed E-state index contributed by atoms with van der Waals surface area (Å²) in [5, 5.41) is 3.47. The van der Waals surface area contributed by atoms with Gasteiger partial charge >= 0.3 is 6.18 Å². The van der Waals surface area contributed by atoms with Crippen LogP contribution in [0.4, 0.5) is 19.0 Å². The molecule has 1 aliphatic heterocycles. The summed E-state index contributed by atoms with van der Waals surface area (Å²) in [6, 6.07) is 7.13. The zero-order chi connectivity index (χ0) is 25.2. The molecule has 0 saturated heterocycles. The van der Waals surface area contributed by atoms with Gasteiger partial charge in [0.1, 0.15) is 16.9 Å². The van der Waals surface area contributed by atoms with Crippen molar-refractivity contribution in [2.75, 3.05) is 5.32 Å². The van der Waals surface area contributed by atoms with Gasteiger partial charge in [-0.1, -0.05) is 23.7 Å². The molecule has 1 saturated carbocycles. The number of nitrogens with zero attached hydrogens (tertiary/aromatic N) is 5. The van der Waals surface area contributed by atoms with Crippen LogP contribution in [0, 0.1) is 0 Å². The third kappa shape index (κ3) is 3.80. The van der Waals surface area contributed by atoms with Crippen LogP contribution < -0.4 is 5.32 Å². The standard InChI is InChI=1S/C25H20ClF3N6O/c1-24(14-4-6-15(26)7-5-14)18-19(13-2-3-13)32-20(33-21(18)34-23(24)36)17-12-35-11-10-30-22(35)16(31-17)8-9-25(27,28)29/h4-7,10-13H,2-3,8-9H2,1H3,(H,32,33,34,36). The zero-order valence-electron chi connectivity index (χ0n) is 19.1. The minimum Gasteiger partial charge on any atom is -0.309 e. The van der Waals surface area contributed by atoms with E-state index in [2.05, 4.69) is 20.3 Å². The predicted octanol–water partition coefficient (Wildman–Crippen LogP) is 5.47. The third-order valence-corrected chi connectivity index (χ3v) is 7.08. The molecule has 3 aromatic heterocycles. The number of carbonyl (C=O) groups is 1. The molecular weight excluding hydrogens is 493 g/mol. The number of fused-ring (bicyclic) bond motifs is 2.